The second-order valence-corrected chi connectivity index (χ2v) is 4.94. The lowest BCUT2D eigenvalue weighted by molar-refractivity contribution is 0.285. The van der Waals surface area contributed by atoms with Crippen LogP contribution in [0.2, 0.25) is 0 Å². The van der Waals surface area contributed by atoms with Crippen LogP contribution in [-0.4, -0.2) is 10.2 Å². The van der Waals surface area contributed by atoms with Crippen molar-refractivity contribution in [1.29, 1.82) is 0 Å². The maximum absolute atomic E-state index is 5.46. The van der Waals surface area contributed by atoms with E-state index in [1.807, 2.05) is 0 Å². The average Bonchev–Trinajstić information content (AvgIpc) is 2.65. The van der Waals surface area contributed by atoms with Gasteiger partial charge in [-0.2, -0.15) is 0 Å². The van der Waals surface area contributed by atoms with Crippen molar-refractivity contribution in [2.24, 2.45) is 5.92 Å². The molecule has 0 bridgehead atoms. The van der Waals surface area contributed by atoms with Crippen molar-refractivity contribution in [3.8, 4) is 0 Å². The summed E-state index contributed by atoms with van der Waals surface area (Å²) in [5, 5.41) is 7.97. The van der Waals surface area contributed by atoms with E-state index in [4.69, 9.17) is 4.42 Å². The van der Waals surface area contributed by atoms with Crippen molar-refractivity contribution in [3.05, 3.63) is 9.79 Å². The number of rotatable bonds is 2. The minimum Gasteiger partial charge on any atom is -0.416 e. The minimum atomic E-state index is 0.522. The van der Waals surface area contributed by atoms with Crippen LogP contribution in [-0.2, 0) is 0 Å². The Balaban J connectivity index is 1.95. The van der Waals surface area contributed by atoms with Crippen molar-refractivity contribution < 1.29 is 4.42 Å². The molecule has 0 amide bonds. The van der Waals surface area contributed by atoms with Crippen molar-refractivity contribution in [3.63, 3.8) is 0 Å². The maximum atomic E-state index is 5.46. The Hall–Kier alpha value is -0.130. The predicted octanol–water partition coefficient (Wildman–Crippen LogP) is 3.36. The van der Waals surface area contributed by atoms with E-state index >= 15 is 0 Å². The monoisotopic (exact) mass is 306 g/mol. The normalized spacial score (nSPS) is 27.9. The molecule has 0 spiro atoms. The zero-order valence-corrected chi connectivity index (χ0v) is 10.5. The molecule has 14 heavy (non-hydrogen) atoms. The fourth-order valence-electron chi connectivity index (χ4n) is 2.20. The van der Waals surface area contributed by atoms with Crippen LogP contribution >= 0.6 is 22.6 Å². The topological polar surface area (TPSA) is 38.9 Å². The number of hydrogen-bond acceptors (Lipinski definition) is 3. The van der Waals surface area contributed by atoms with E-state index in [1.54, 1.807) is 0 Å². The summed E-state index contributed by atoms with van der Waals surface area (Å²) in [6.07, 6.45) is 6.39. The average molecular weight is 306 g/mol. The second kappa shape index (κ2) is 4.59. The number of halogens is 1. The first-order valence-corrected chi connectivity index (χ1v) is 6.36. The van der Waals surface area contributed by atoms with E-state index < -0.39 is 0 Å². The van der Waals surface area contributed by atoms with Gasteiger partial charge in [-0.3, -0.25) is 0 Å². The molecule has 3 nitrogen and oxygen atoms in total. The lowest BCUT2D eigenvalue weighted by Crippen LogP contribution is -2.12. The number of aromatic nitrogens is 2. The molecule has 1 aromatic heterocycles. The van der Waals surface area contributed by atoms with Crippen LogP contribution in [0.5, 0.6) is 0 Å². The molecule has 2 rings (SSSR count). The summed E-state index contributed by atoms with van der Waals surface area (Å²) in [7, 11) is 0. The molecule has 0 N–H and O–H groups in total. The minimum absolute atomic E-state index is 0.522. The molecule has 1 heterocycles. The Bertz CT molecular complexity index is 292. The summed E-state index contributed by atoms with van der Waals surface area (Å²) in [5.74, 6) is 2.30. The maximum Gasteiger partial charge on any atom is 0.278 e. The van der Waals surface area contributed by atoms with Crippen molar-refractivity contribution in [2.45, 2.75) is 44.9 Å². The van der Waals surface area contributed by atoms with Gasteiger partial charge in [-0.05, 0) is 31.6 Å². The predicted molar refractivity (Wildman–Crippen MR) is 62.0 cm³/mol. The van der Waals surface area contributed by atoms with E-state index in [0.717, 1.165) is 11.8 Å². The van der Waals surface area contributed by atoms with Crippen LogP contribution in [0.25, 0.3) is 0 Å². The Morgan fingerprint density at radius 3 is 2.50 bits per heavy atom. The third kappa shape index (κ3) is 2.27. The lowest BCUT2D eigenvalue weighted by Gasteiger charge is -2.25. The second-order valence-electron chi connectivity index (χ2n) is 4.02. The molecule has 1 aliphatic rings. The van der Waals surface area contributed by atoms with E-state index in [1.165, 1.54) is 32.1 Å². The largest absolute Gasteiger partial charge is 0.416 e. The highest BCUT2D eigenvalue weighted by molar-refractivity contribution is 14.1. The molecular weight excluding hydrogens is 291 g/mol. The van der Waals surface area contributed by atoms with Gasteiger partial charge in [0.1, 0.15) is 0 Å². The highest BCUT2D eigenvalue weighted by Crippen LogP contribution is 2.36. The molecule has 0 radical (unpaired) electrons. The first-order chi connectivity index (χ1) is 6.79. The van der Waals surface area contributed by atoms with Crippen LogP contribution in [0, 0.1) is 9.82 Å². The fraction of sp³-hybridized carbons (Fsp3) is 0.800. The van der Waals surface area contributed by atoms with Crippen LogP contribution < -0.4 is 0 Å². The SMILES string of the molecule is CCC1CCC(c2nnc(I)o2)CC1. The standard InChI is InChI=1S/C10H15IN2O/c1-2-7-3-5-8(6-4-7)9-12-13-10(11)14-9/h7-8H,2-6H2,1H3. The lowest BCUT2D eigenvalue weighted by atomic mass is 9.81. The van der Waals surface area contributed by atoms with E-state index in [0.29, 0.717) is 9.82 Å². The molecule has 4 heteroatoms. The van der Waals surface area contributed by atoms with Crippen LogP contribution in [0.15, 0.2) is 4.42 Å². The van der Waals surface area contributed by atoms with E-state index in [9.17, 15) is 0 Å². The molecule has 1 saturated carbocycles. The smallest absolute Gasteiger partial charge is 0.278 e. The molecular formula is C10H15IN2O. The van der Waals surface area contributed by atoms with Gasteiger partial charge in [0.2, 0.25) is 5.89 Å². The third-order valence-corrected chi connectivity index (χ3v) is 3.63. The van der Waals surface area contributed by atoms with Gasteiger partial charge in [-0.25, -0.2) is 0 Å². The zero-order valence-electron chi connectivity index (χ0n) is 8.37. The summed E-state index contributed by atoms with van der Waals surface area (Å²) < 4.78 is 6.12. The molecule has 0 saturated heterocycles. The van der Waals surface area contributed by atoms with Crippen LogP contribution in [0.3, 0.4) is 0 Å². The van der Waals surface area contributed by atoms with Gasteiger partial charge in [0.05, 0.1) is 0 Å². The molecule has 1 aromatic rings. The van der Waals surface area contributed by atoms with Gasteiger partial charge < -0.3 is 4.42 Å². The number of nitrogens with zero attached hydrogens (tertiary/aromatic N) is 2. The summed E-state index contributed by atoms with van der Waals surface area (Å²) in [4.78, 5) is 0. The van der Waals surface area contributed by atoms with Gasteiger partial charge in [-0.15, -0.1) is 10.2 Å². The fourth-order valence-corrected chi connectivity index (χ4v) is 2.53. The van der Waals surface area contributed by atoms with Gasteiger partial charge >= 0.3 is 0 Å². The summed E-state index contributed by atoms with van der Waals surface area (Å²) >= 11 is 2.07. The van der Waals surface area contributed by atoms with Gasteiger partial charge in [0.15, 0.2) is 0 Å². The highest BCUT2D eigenvalue weighted by Gasteiger charge is 2.24. The Kier molecular flexibility index (Phi) is 3.41. The summed E-state index contributed by atoms with van der Waals surface area (Å²) in [6.45, 7) is 2.28. The quantitative estimate of drug-likeness (QED) is 0.787. The van der Waals surface area contributed by atoms with E-state index in [2.05, 4.69) is 39.7 Å². The molecule has 0 atom stereocenters. The molecule has 0 aliphatic heterocycles. The molecule has 0 unspecified atom stereocenters. The first kappa shape index (κ1) is 10.4. The highest BCUT2D eigenvalue weighted by atomic mass is 127. The number of hydrogen-bond donors (Lipinski definition) is 0. The van der Waals surface area contributed by atoms with Crippen molar-refractivity contribution in [1.82, 2.24) is 10.2 Å². The Morgan fingerprint density at radius 2 is 2.00 bits per heavy atom. The van der Waals surface area contributed by atoms with Gasteiger partial charge in [0, 0.05) is 28.5 Å². The van der Waals surface area contributed by atoms with Crippen LogP contribution in [0.1, 0.15) is 50.8 Å². The third-order valence-electron chi connectivity index (χ3n) is 3.19. The molecule has 78 valence electrons. The van der Waals surface area contributed by atoms with Gasteiger partial charge in [0.25, 0.3) is 3.90 Å². The van der Waals surface area contributed by atoms with Gasteiger partial charge in [-0.1, -0.05) is 13.3 Å². The Labute approximate surface area is 97.8 Å². The van der Waals surface area contributed by atoms with Crippen molar-refractivity contribution >= 4 is 22.6 Å². The summed E-state index contributed by atoms with van der Waals surface area (Å²) in [6, 6.07) is 0. The van der Waals surface area contributed by atoms with Crippen LogP contribution in [0.4, 0.5) is 0 Å². The molecule has 1 aliphatic carbocycles. The molecule has 0 aromatic carbocycles. The Morgan fingerprint density at radius 1 is 1.29 bits per heavy atom. The van der Waals surface area contributed by atoms with E-state index in [-0.39, 0.29) is 0 Å². The first-order valence-electron chi connectivity index (χ1n) is 5.28. The zero-order chi connectivity index (χ0) is 9.97. The van der Waals surface area contributed by atoms with Crippen molar-refractivity contribution in [2.75, 3.05) is 0 Å². The molecule has 1 fully saturated rings. The summed E-state index contributed by atoms with van der Waals surface area (Å²) in [5.41, 5.74) is 0.